The average Bonchev–Trinajstić information content (AvgIpc) is 2.62. The number of hydrogen-bond acceptors (Lipinski definition) is 4. The van der Waals surface area contributed by atoms with Crippen LogP contribution in [0.1, 0.15) is 32.6 Å². The molecular weight excluding hydrogens is 334 g/mol. The van der Waals surface area contributed by atoms with E-state index in [-0.39, 0.29) is 18.4 Å². The van der Waals surface area contributed by atoms with Gasteiger partial charge in [-0.2, -0.15) is 0 Å². The molecule has 1 aromatic rings. The first kappa shape index (κ1) is 18.3. The normalized spacial score (nSPS) is 21.1. The molecule has 3 rings (SSSR count). The highest BCUT2D eigenvalue weighted by Crippen LogP contribution is 2.34. The Morgan fingerprint density at radius 1 is 1.32 bits per heavy atom. The minimum absolute atomic E-state index is 0.000918. The summed E-state index contributed by atoms with van der Waals surface area (Å²) in [5, 5.41) is 2.97. The summed E-state index contributed by atoms with van der Waals surface area (Å²) in [6.07, 6.45) is 4.85. The highest BCUT2D eigenvalue weighted by Gasteiger charge is 2.26. The van der Waals surface area contributed by atoms with Gasteiger partial charge in [-0.25, -0.2) is 0 Å². The first-order valence-corrected chi connectivity index (χ1v) is 10.2. The Morgan fingerprint density at radius 3 is 3.00 bits per heavy atom. The van der Waals surface area contributed by atoms with Gasteiger partial charge >= 0.3 is 0 Å². The number of thioether (sulfide) groups is 1. The monoisotopic (exact) mass is 361 g/mol. The molecule has 2 amide bonds. The molecule has 25 heavy (non-hydrogen) atoms. The molecule has 1 fully saturated rings. The predicted molar refractivity (Wildman–Crippen MR) is 102 cm³/mol. The van der Waals surface area contributed by atoms with Crippen LogP contribution in [0.3, 0.4) is 0 Å². The fourth-order valence-electron chi connectivity index (χ4n) is 3.53. The van der Waals surface area contributed by atoms with Crippen LogP contribution >= 0.6 is 11.8 Å². The van der Waals surface area contributed by atoms with Crippen LogP contribution in [-0.4, -0.2) is 54.7 Å². The molecule has 0 aromatic heterocycles. The molecule has 1 aromatic carbocycles. The largest absolute Gasteiger partial charge is 0.355 e. The van der Waals surface area contributed by atoms with Crippen molar-refractivity contribution in [2.75, 3.05) is 36.8 Å². The van der Waals surface area contributed by atoms with Crippen molar-refractivity contribution in [1.82, 2.24) is 10.2 Å². The van der Waals surface area contributed by atoms with E-state index >= 15 is 0 Å². The van der Waals surface area contributed by atoms with Gasteiger partial charge in [0.2, 0.25) is 11.8 Å². The van der Waals surface area contributed by atoms with Gasteiger partial charge < -0.3 is 15.1 Å². The summed E-state index contributed by atoms with van der Waals surface area (Å²) >= 11 is 1.54. The van der Waals surface area contributed by atoms with E-state index in [1.807, 2.05) is 24.3 Å². The summed E-state index contributed by atoms with van der Waals surface area (Å²) in [6, 6.07) is 8.43. The minimum Gasteiger partial charge on any atom is -0.355 e. The number of nitrogens with zero attached hydrogens (tertiary/aromatic N) is 2. The third kappa shape index (κ3) is 4.76. The topological polar surface area (TPSA) is 52.7 Å². The van der Waals surface area contributed by atoms with Crippen molar-refractivity contribution in [3.8, 4) is 0 Å². The van der Waals surface area contributed by atoms with E-state index in [1.54, 1.807) is 4.90 Å². The molecule has 0 bridgehead atoms. The van der Waals surface area contributed by atoms with Gasteiger partial charge in [0.05, 0.1) is 11.4 Å². The van der Waals surface area contributed by atoms with Crippen molar-refractivity contribution in [3.63, 3.8) is 0 Å². The highest BCUT2D eigenvalue weighted by molar-refractivity contribution is 8.00. The van der Waals surface area contributed by atoms with Gasteiger partial charge in [0, 0.05) is 24.0 Å². The zero-order valence-electron chi connectivity index (χ0n) is 14.9. The van der Waals surface area contributed by atoms with Crippen LogP contribution in [0, 0.1) is 0 Å². The Hall–Kier alpha value is -1.53. The second-order valence-electron chi connectivity index (χ2n) is 6.82. The molecule has 0 spiro atoms. The predicted octanol–water partition coefficient (Wildman–Crippen LogP) is 2.51. The van der Waals surface area contributed by atoms with Gasteiger partial charge in [0.25, 0.3) is 0 Å². The molecule has 0 unspecified atom stereocenters. The van der Waals surface area contributed by atoms with Crippen LogP contribution in [0.15, 0.2) is 29.2 Å². The zero-order chi connectivity index (χ0) is 17.6. The van der Waals surface area contributed by atoms with Crippen LogP contribution in [0.5, 0.6) is 0 Å². The van der Waals surface area contributed by atoms with Gasteiger partial charge in [-0.1, -0.05) is 18.6 Å². The Morgan fingerprint density at radius 2 is 2.16 bits per heavy atom. The first-order valence-electron chi connectivity index (χ1n) is 9.18. The van der Waals surface area contributed by atoms with E-state index in [2.05, 4.69) is 17.1 Å². The molecule has 2 aliphatic heterocycles. The van der Waals surface area contributed by atoms with E-state index in [1.165, 1.54) is 37.6 Å². The van der Waals surface area contributed by atoms with E-state index < -0.39 is 0 Å². The van der Waals surface area contributed by atoms with Gasteiger partial charge in [-0.05, 0) is 44.9 Å². The maximum Gasteiger partial charge on any atom is 0.240 e. The lowest BCUT2D eigenvalue weighted by molar-refractivity contribution is -0.123. The summed E-state index contributed by atoms with van der Waals surface area (Å²) in [5.74, 6) is 0.319. The van der Waals surface area contributed by atoms with Crippen LogP contribution in [0.4, 0.5) is 5.69 Å². The van der Waals surface area contributed by atoms with Crippen molar-refractivity contribution >= 4 is 29.3 Å². The minimum atomic E-state index is -0.0817. The van der Waals surface area contributed by atoms with Crippen molar-refractivity contribution < 1.29 is 9.59 Å². The molecule has 1 saturated heterocycles. The molecule has 0 radical (unpaired) electrons. The number of fused-ring (bicyclic) bond motifs is 1. The molecule has 6 heteroatoms. The number of para-hydroxylation sites is 1. The number of nitrogens with one attached hydrogen (secondary N) is 1. The Kier molecular flexibility index (Phi) is 6.37. The van der Waals surface area contributed by atoms with Gasteiger partial charge in [0.1, 0.15) is 6.54 Å². The number of rotatable bonds is 6. The van der Waals surface area contributed by atoms with Crippen LogP contribution < -0.4 is 10.2 Å². The van der Waals surface area contributed by atoms with Crippen LogP contribution in [0.2, 0.25) is 0 Å². The fourth-order valence-corrected chi connectivity index (χ4v) is 4.46. The summed E-state index contributed by atoms with van der Waals surface area (Å²) in [6.45, 7) is 5.27. The molecule has 2 aliphatic rings. The summed E-state index contributed by atoms with van der Waals surface area (Å²) in [5.41, 5.74) is 0.848. The smallest absolute Gasteiger partial charge is 0.240 e. The second kappa shape index (κ2) is 8.72. The number of benzene rings is 1. The summed E-state index contributed by atoms with van der Waals surface area (Å²) in [4.78, 5) is 29.6. The number of amides is 2. The SMILES string of the molecule is C[C@H]1CCCCN1CCCNC(=O)CN1C(=O)CSc2ccccc21. The number of carbonyl (C=O) groups excluding carboxylic acids is 2. The third-order valence-electron chi connectivity index (χ3n) is 4.99. The lowest BCUT2D eigenvalue weighted by atomic mass is 10.0. The lowest BCUT2D eigenvalue weighted by Gasteiger charge is -2.33. The van der Waals surface area contributed by atoms with E-state index in [0.29, 0.717) is 18.3 Å². The van der Waals surface area contributed by atoms with E-state index in [0.717, 1.165) is 23.5 Å². The molecule has 1 N–H and O–H groups in total. The third-order valence-corrected chi connectivity index (χ3v) is 6.04. The Labute approximate surface area is 154 Å². The molecule has 1 atom stereocenters. The number of piperidine rings is 1. The number of hydrogen-bond donors (Lipinski definition) is 1. The van der Waals surface area contributed by atoms with Crippen LogP contribution in [-0.2, 0) is 9.59 Å². The highest BCUT2D eigenvalue weighted by atomic mass is 32.2. The molecule has 0 saturated carbocycles. The van der Waals surface area contributed by atoms with Gasteiger partial charge in [-0.3, -0.25) is 9.59 Å². The molecular formula is C19H27N3O2S. The molecule has 136 valence electrons. The standard InChI is InChI=1S/C19H27N3O2S/c1-15-7-4-5-11-21(15)12-6-10-20-18(23)13-22-16-8-2-3-9-17(16)25-14-19(22)24/h2-3,8-9,15H,4-7,10-14H2,1H3,(H,20,23)/t15-/m0/s1. The van der Waals surface area contributed by atoms with Gasteiger partial charge in [0.15, 0.2) is 0 Å². The quantitative estimate of drug-likeness (QED) is 0.791. The first-order chi connectivity index (χ1) is 12.1. The second-order valence-corrected chi connectivity index (χ2v) is 7.84. The number of carbonyl (C=O) groups is 2. The zero-order valence-corrected chi connectivity index (χ0v) is 15.7. The van der Waals surface area contributed by atoms with E-state index in [4.69, 9.17) is 0 Å². The molecule has 0 aliphatic carbocycles. The van der Waals surface area contributed by atoms with Crippen molar-refractivity contribution in [2.24, 2.45) is 0 Å². The number of anilines is 1. The van der Waals surface area contributed by atoms with E-state index in [9.17, 15) is 9.59 Å². The Balaban J connectivity index is 1.44. The van der Waals surface area contributed by atoms with Crippen LogP contribution in [0.25, 0.3) is 0 Å². The molecule has 5 nitrogen and oxygen atoms in total. The maximum absolute atomic E-state index is 12.3. The van der Waals surface area contributed by atoms with Crippen molar-refractivity contribution in [3.05, 3.63) is 24.3 Å². The maximum atomic E-state index is 12.3. The molecule has 2 heterocycles. The summed E-state index contributed by atoms with van der Waals surface area (Å²) in [7, 11) is 0. The fraction of sp³-hybridized carbons (Fsp3) is 0.579. The van der Waals surface area contributed by atoms with Crippen molar-refractivity contribution in [2.45, 2.75) is 43.5 Å². The average molecular weight is 362 g/mol. The van der Waals surface area contributed by atoms with Crippen molar-refractivity contribution in [1.29, 1.82) is 0 Å². The number of likely N-dealkylation sites (tertiary alicyclic amines) is 1. The Bertz CT molecular complexity index is 622. The lowest BCUT2D eigenvalue weighted by Crippen LogP contribution is -2.44. The summed E-state index contributed by atoms with van der Waals surface area (Å²) < 4.78 is 0. The van der Waals surface area contributed by atoms with Gasteiger partial charge in [-0.15, -0.1) is 11.8 Å².